The van der Waals surface area contributed by atoms with E-state index in [4.69, 9.17) is 0 Å². The van der Waals surface area contributed by atoms with Crippen LogP contribution in [0.1, 0.15) is 43.2 Å². The van der Waals surface area contributed by atoms with E-state index in [0.29, 0.717) is 12.3 Å². The molecule has 1 aliphatic carbocycles. The molecule has 1 atom stereocenters. The average Bonchev–Trinajstić information content (AvgIpc) is 3.58. The highest BCUT2D eigenvalue weighted by molar-refractivity contribution is 5.83. The molecule has 0 N–H and O–H groups in total. The van der Waals surface area contributed by atoms with Gasteiger partial charge in [-0.05, 0) is 60.8 Å². The van der Waals surface area contributed by atoms with E-state index < -0.39 is 0 Å². The lowest BCUT2D eigenvalue weighted by atomic mass is 9.90. The zero-order valence-corrected chi connectivity index (χ0v) is 20.5. The number of nitrogens with zero attached hydrogens (tertiary/aromatic N) is 3. The summed E-state index contributed by atoms with van der Waals surface area (Å²) >= 11 is 0. The fraction of sp³-hybridized carbons (Fsp3) is 0.517. The van der Waals surface area contributed by atoms with Gasteiger partial charge in [-0.3, -0.25) is 14.5 Å². The molecule has 1 spiro atoms. The van der Waals surface area contributed by atoms with Crippen LogP contribution >= 0.6 is 0 Å². The predicted octanol–water partition coefficient (Wildman–Crippen LogP) is 4.12. The van der Waals surface area contributed by atoms with E-state index >= 15 is 0 Å². The second-order valence-electron chi connectivity index (χ2n) is 10.6. The van der Waals surface area contributed by atoms with Crippen molar-refractivity contribution in [1.29, 1.82) is 0 Å². The quantitative estimate of drug-likeness (QED) is 0.603. The van der Waals surface area contributed by atoms with E-state index in [1.807, 2.05) is 34.1 Å². The summed E-state index contributed by atoms with van der Waals surface area (Å²) in [5, 5.41) is 0. The molecule has 35 heavy (non-hydrogen) atoms. The lowest BCUT2D eigenvalue weighted by Crippen LogP contribution is -2.49. The Morgan fingerprint density at radius 2 is 1.57 bits per heavy atom. The van der Waals surface area contributed by atoms with Crippen molar-refractivity contribution in [3.63, 3.8) is 0 Å². The van der Waals surface area contributed by atoms with Crippen molar-refractivity contribution in [3.05, 3.63) is 71.5 Å². The Morgan fingerprint density at radius 1 is 0.857 bits per heavy atom. The van der Waals surface area contributed by atoms with Crippen LogP contribution in [-0.4, -0.2) is 65.8 Å². The lowest BCUT2D eigenvalue weighted by molar-refractivity contribution is -0.136. The number of likely N-dealkylation sites (tertiary alicyclic amines) is 1. The highest BCUT2D eigenvalue weighted by Crippen LogP contribution is 2.60. The van der Waals surface area contributed by atoms with Gasteiger partial charge in [0.15, 0.2) is 0 Å². The van der Waals surface area contributed by atoms with E-state index in [1.54, 1.807) is 12.1 Å². The van der Waals surface area contributed by atoms with Crippen LogP contribution in [0.5, 0.6) is 0 Å². The first-order valence-corrected chi connectivity index (χ1v) is 13.1. The Balaban J connectivity index is 1.03. The Labute approximate surface area is 207 Å². The Morgan fingerprint density at radius 3 is 2.29 bits per heavy atom. The first-order valence-electron chi connectivity index (χ1n) is 13.1. The number of carbonyl (C=O) groups is 2. The molecule has 2 aromatic rings. The van der Waals surface area contributed by atoms with Gasteiger partial charge in [-0.25, -0.2) is 4.39 Å². The first kappa shape index (κ1) is 24.0. The van der Waals surface area contributed by atoms with Crippen LogP contribution in [0.3, 0.4) is 0 Å². The van der Waals surface area contributed by atoms with Crippen molar-refractivity contribution in [2.24, 2.45) is 11.3 Å². The van der Waals surface area contributed by atoms with Crippen molar-refractivity contribution < 1.29 is 14.0 Å². The predicted molar refractivity (Wildman–Crippen MR) is 134 cm³/mol. The molecule has 3 fully saturated rings. The Hall–Kier alpha value is -2.73. The molecule has 3 aliphatic rings. The Kier molecular flexibility index (Phi) is 7.19. The summed E-state index contributed by atoms with van der Waals surface area (Å²) in [6, 6.07) is 17.1. The number of piperidine rings is 1. The van der Waals surface area contributed by atoms with Crippen LogP contribution in [0.15, 0.2) is 54.6 Å². The van der Waals surface area contributed by atoms with E-state index in [0.717, 1.165) is 83.5 Å². The molecule has 5 rings (SSSR count). The summed E-state index contributed by atoms with van der Waals surface area (Å²) in [6.45, 7) is 5.44. The minimum absolute atomic E-state index is 0.122. The third-order valence-electron chi connectivity index (χ3n) is 8.28. The molecule has 186 valence electrons. The van der Waals surface area contributed by atoms with Crippen molar-refractivity contribution >= 4 is 11.8 Å². The number of amides is 2. The van der Waals surface area contributed by atoms with Crippen molar-refractivity contribution in [3.8, 4) is 0 Å². The van der Waals surface area contributed by atoms with Crippen molar-refractivity contribution in [2.45, 2.75) is 45.1 Å². The lowest BCUT2D eigenvalue weighted by Gasteiger charge is -2.36. The van der Waals surface area contributed by atoms with E-state index in [9.17, 15) is 14.0 Å². The zero-order valence-electron chi connectivity index (χ0n) is 20.5. The minimum atomic E-state index is -0.199. The number of aryl methyl sites for hydroxylation is 1. The van der Waals surface area contributed by atoms with Gasteiger partial charge in [-0.15, -0.1) is 0 Å². The maximum atomic E-state index is 13.5. The SMILES string of the molecule is O=C(CCCc1ccccc1)N1CCC2(CC1)C[C@@H]2C(=O)N1CCN(Cc2cccc(F)c2)CC1. The summed E-state index contributed by atoms with van der Waals surface area (Å²) in [4.78, 5) is 32.2. The summed E-state index contributed by atoms with van der Waals surface area (Å²) in [6.07, 6.45) is 5.31. The normalized spacial score (nSPS) is 21.8. The molecule has 0 unspecified atom stereocenters. The Bertz CT molecular complexity index is 1030. The average molecular weight is 478 g/mol. The maximum Gasteiger partial charge on any atom is 0.226 e. The molecular weight excluding hydrogens is 441 g/mol. The monoisotopic (exact) mass is 477 g/mol. The van der Waals surface area contributed by atoms with Gasteiger partial charge in [-0.2, -0.15) is 0 Å². The summed E-state index contributed by atoms with van der Waals surface area (Å²) in [7, 11) is 0. The number of piperazine rings is 1. The van der Waals surface area contributed by atoms with E-state index in [1.165, 1.54) is 11.6 Å². The first-order chi connectivity index (χ1) is 17.0. The molecule has 5 nitrogen and oxygen atoms in total. The van der Waals surface area contributed by atoms with Gasteiger partial charge in [-0.1, -0.05) is 42.5 Å². The fourth-order valence-corrected chi connectivity index (χ4v) is 5.94. The number of hydrogen-bond acceptors (Lipinski definition) is 3. The topological polar surface area (TPSA) is 43.9 Å². The number of benzene rings is 2. The highest BCUT2D eigenvalue weighted by atomic mass is 19.1. The molecule has 2 aliphatic heterocycles. The molecule has 1 saturated carbocycles. The number of hydrogen-bond donors (Lipinski definition) is 0. The van der Waals surface area contributed by atoms with Crippen LogP contribution < -0.4 is 0 Å². The molecule has 2 saturated heterocycles. The van der Waals surface area contributed by atoms with Crippen LogP contribution in [0.2, 0.25) is 0 Å². The fourth-order valence-electron chi connectivity index (χ4n) is 5.94. The zero-order chi connectivity index (χ0) is 24.3. The van der Waals surface area contributed by atoms with Gasteiger partial charge in [0.25, 0.3) is 0 Å². The van der Waals surface area contributed by atoms with Gasteiger partial charge in [0.2, 0.25) is 11.8 Å². The third kappa shape index (κ3) is 5.75. The number of rotatable bonds is 7. The van der Waals surface area contributed by atoms with Crippen LogP contribution in [0, 0.1) is 17.2 Å². The summed E-state index contributed by atoms with van der Waals surface area (Å²) in [5.74, 6) is 0.495. The number of halogens is 1. The standard InChI is InChI=1S/C29H36FN3O2/c30-25-10-4-9-24(20-25)22-31-16-18-33(19-17-31)28(35)26-21-29(26)12-14-32(15-13-29)27(34)11-5-8-23-6-2-1-3-7-23/h1-4,6-7,9-10,20,26H,5,8,11-19,21-22H2/t26-/m1/s1. The van der Waals surface area contributed by atoms with E-state index in [2.05, 4.69) is 17.0 Å². The summed E-state index contributed by atoms with van der Waals surface area (Å²) < 4.78 is 13.5. The van der Waals surface area contributed by atoms with Gasteiger partial charge in [0, 0.05) is 58.2 Å². The van der Waals surface area contributed by atoms with Crippen LogP contribution in [0.25, 0.3) is 0 Å². The number of carbonyl (C=O) groups excluding carboxylic acids is 2. The van der Waals surface area contributed by atoms with Gasteiger partial charge < -0.3 is 9.80 Å². The molecule has 0 bridgehead atoms. The van der Waals surface area contributed by atoms with Crippen molar-refractivity contribution in [2.75, 3.05) is 39.3 Å². The molecule has 0 radical (unpaired) electrons. The summed E-state index contributed by atoms with van der Waals surface area (Å²) in [5.41, 5.74) is 2.38. The second kappa shape index (κ2) is 10.5. The van der Waals surface area contributed by atoms with Gasteiger partial charge in [0.05, 0.1) is 0 Å². The smallest absolute Gasteiger partial charge is 0.226 e. The maximum absolute atomic E-state index is 13.5. The molecule has 2 amide bonds. The van der Waals surface area contributed by atoms with Crippen molar-refractivity contribution in [1.82, 2.24) is 14.7 Å². The van der Waals surface area contributed by atoms with Crippen LogP contribution in [0.4, 0.5) is 4.39 Å². The second-order valence-corrected chi connectivity index (χ2v) is 10.6. The molecule has 2 aromatic carbocycles. The minimum Gasteiger partial charge on any atom is -0.343 e. The molecule has 0 aromatic heterocycles. The van der Waals surface area contributed by atoms with Gasteiger partial charge >= 0.3 is 0 Å². The largest absolute Gasteiger partial charge is 0.343 e. The third-order valence-corrected chi connectivity index (χ3v) is 8.28. The van der Waals surface area contributed by atoms with Gasteiger partial charge in [0.1, 0.15) is 5.82 Å². The molecular formula is C29H36FN3O2. The van der Waals surface area contributed by atoms with E-state index in [-0.39, 0.29) is 23.1 Å². The van der Waals surface area contributed by atoms with Crippen LogP contribution in [-0.2, 0) is 22.6 Å². The molecule has 2 heterocycles. The highest BCUT2D eigenvalue weighted by Gasteiger charge is 2.59. The molecule has 6 heteroatoms.